The molecular weight excluding hydrogens is 562 g/mol. The van der Waals surface area contributed by atoms with E-state index in [9.17, 15) is 19.2 Å². The van der Waals surface area contributed by atoms with Gasteiger partial charge >= 0.3 is 24.4 Å². The maximum Gasteiger partial charge on any atom is 0.514 e. The van der Waals surface area contributed by atoms with Gasteiger partial charge in [0.1, 0.15) is 22.8 Å². The van der Waals surface area contributed by atoms with Gasteiger partial charge in [-0.15, -0.1) is 0 Å². The minimum absolute atomic E-state index is 0.108. The van der Waals surface area contributed by atoms with E-state index in [0.29, 0.717) is 24.8 Å². The second-order valence-corrected chi connectivity index (χ2v) is 11.7. The number of ether oxygens (including phenoxy) is 7. The molecular formula is C31H49NO11. The topological polar surface area (TPSA) is 159 Å². The van der Waals surface area contributed by atoms with Gasteiger partial charge in [0.25, 0.3) is 0 Å². The summed E-state index contributed by atoms with van der Waals surface area (Å²) in [5, 5.41) is 0. The third-order valence-electron chi connectivity index (χ3n) is 6.85. The minimum atomic E-state index is -1.65. The maximum absolute atomic E-state index is 12.8. The Morgan fingerprint density at radius 3 is 1.91 bits per heavy atom. The molecule has 0 aromatic heterocycles. The van der Waals surface area contributed by atoms with Gasteiger partial charge in [0, 0.05) is 12.8 Å². The van der Waals surface area contributed by atoms with E-state index >= 15 is 0 Å². The molecule has 244 valence electrons. The van der Waals surface area contributed by atoms with E-state index in [4.69, 9.17) is 38.9 Å². The zero-order valence-electron chi connectivity index (χ0n) is 27.0. The highest BCUT2D eigenvalue weighted by Gasteiger charge is 2.38. The van der Waals surface area contributed by atoms with Crippen molar-refractivity contribution in [1.29, 1.82) is 0 Å². The largest absolute Gasteiger partial charge is 0.514 e. The molecule has 0 spiro atoms. The molecule has 0 saturated heterocycles. The van der Waals surface area contributed by atoms with Gasteiger partial charge in [-0.3, -0.25) is 4.79 Å². The second-order valence-electron chi connectivity index (χ2n) is 11.7. The molecule has 1 aromatic carbocycles. The van der Waals surface area contributed by atoms with Crippen LogP contribution in [0, 0.1) is 0 Å². The van der Waals surface area contributed by atoms with Crippen LogP contribution in [0.25, 0.3) is 0 Å². The van der Waals surface area contributed by atoms with E-state index in [1.165, 1.54) is 19.2 Å². The Bertz CT molecular complexity index is 1090. The van der Waals surface area contributed by atoms with Crippen LogP contribution < -0.4 is 15.2 Å². The van der Waals surface area contributed by atoms with Crippen molar-refractivity contribution in [2.24, 2.45) is 5.73 Å². The molecule has 1 rings (SSSR count). The number of carbonyl (C=O) groups is 4. The Morgan fingerprint density at radius 1 is 0.837 bits per heavy atom. The van der Waals surface area contributed by atoms with Crippen LogP contribution >= 0.6 is 0 Å². The fourth-order valence-corrected chi connectivity index (χ4v) is 3.70. The Labute approximate surface area is 254 Å². The van der Waals surface area contributed by atoms with Crippen molar-refractivity contribution in [2.45, 2.75) is 123 Å². The summed E-state index contributed by atoms with van der Waals surface area (Å²) < 4.78 is 36.9. The first-order valence-corrected chi connectivity index (χ1v) is 14.6. The first-order chi connectivity index (χ1) is 20.0. The van der Waals surface area contributed by atoms with Gasteiger partial charge in [-0.05, 0) is 71.6 Å². The molecule has 43 heavy (non-hydrogen) atoms. The molecule has 0 heterocycles. The molecule has 0 aliphatic rings. The average molecular weight is 612 g/mol. The molecule has 0 saturated carbocycles. The van der Waals surface area contributed by atoms with Crippen LogP contribution in [0.4, 0.5) is 14.4 Å². The maximum atomic E-state index is 12.8. The number of carbonyl (C=O) groups excluding carboxylic acids is 4. The van der Waals surface area contributed by atoms with Crippen molar-refractivity contribution < 1.29 is 52.3 Å². The number of hydrogen-bond donors (Lipinski definition) is 1. The molecule has 0 fully saturated rings. The zero-order valence-corrected chi connectivity index (χ0v) is 27.0. The standard InChI is InChI=1S/C31H49NO11/c1-10-13-14-17-38-26(34)39-21(4)19-31(32,25(33)37-9)20-22-15-16-23(40-27(35)42-29(5,6)11-2)24(18-22)41-28(36)43-30(7,8)12-3/h15-16,18,21H,10-14,17,19-20,32H2,1-9H3/t21-,31?/m0/s1. The molecule has 2 N–H and O–H groups in total. The molecule has 1 aromatic rings. The lowest BCUT2D eigenvalue weighted by molar-refractivity contribution is -0.148. The summed E-state index contributed by atoms with van der Waals surface area (Å²) >= 11 is 0. The van der Waals surface area contributed by atoms with Gasteiger partial charge in [0.15, 0.2) is 11.5 Å². The summed E-state index contributed by atoms with van der Waals surface area (Å²) in [7, 11) is 1.19. The highest BCUT2D eigenvalue weighted by atomic mass is 16.8. The number of hydrogen-bond acceptors (Lipinski definition) is 12. The number of rotatable bonds is 16. The van der Waals surface area contributed by atoms with E-state index in [1.54, 1.807) is 40.7 Å². The number of unbranched alkanes of at least 4 members (excludes halogenated alkanes) is 2. The number of nitrogens with two attached hydrogens (primary N) is 1. The summed E-state index contributed by atoms with van der Waals surface area (Å²) in [6, 6.07) is 4.32. The van der Waals surface area contributed by atoms with Crippen molar-refractivity contribution in [1.82, 2.24) is 0 Å². The van der Waals surface area contributed by atoms with Crippen molar-refractivity contribution in [3.63, 3.8) is 0 Å². The molecule has 0 bridgehead atoms. The third kappa shape index (κ3) is 13.5. The van der Waals surface area contributed by atoms with E-state index in [0.717, 1.165) is 12.8 Å². The van der Waals surface area contributed by atoms with Gasteiger partial charge in [0.2, 0.25) is 0 Å². The SMILES string of the molecule is CCCCCOC(=O)O[C@@H](C)CC(N)(Cc1ccc(OC(=O)OC(C)(C)CC)c(OC(=O)OC(C)(C)CC)c1)C(=O)OC. The lowest BCUT2D eigenvalue weighted by Gasteiger charge is -2.29. The highest BCUT2D eigenvalue weighted by Crippen LogP contribution is 2.32. The molecule has 12 heteroatoms. The van der Waals surface area contributed by atoms with Crippen LogP contribution in [0.15, 0.2) is 18.2 Å². The van der Waals surface area contributed by atoms with Crippen LogP contribution in [0.2, 0.25) is 0 Å². The molecule has 12 nitrogen and oxygen atoms in total. The van der Waals surface area contributed by atoms with Crippen LogP contribution in [-0.2, 0) is 34.9 Å². The highest BCUT2D eigenvalue weighted by molar-refractivity contribution is 5.81. The summed E-state index contributed by atoms with van der Waals surface area (Å²) in [5.41, 5.74) is 3.69. The van der Waals surface area contributed by atoms with E-state index in [2.05, 4.69) is 0 Å². The molecule has 0 aliphatic heterocycles. The average Bonchev–Trinajstić information content (AvgIpc) is 2.91. The van der Waals surface area contributed by atoms with Crippen molar-refractivity contribution >= 4 is 24.4 Å². The van der Waals surface area contributed by atoms with Gasteiger partial charge < -0.3 is 38.9 Å². The van der Waals surface area contributed by atoms with Crippen molar-refractivity contribution in [3.8, 4) is 11.5 Å². The molecule has 0 aliphatic carbocycles. The molecule has 1 unspecified atom stereocenters. The number of benzene rings is 1. The summed E-state index contributed by atoms with van der Waals surface area (Å²) in [6.07, 6.45) is -0.250. The third-order valence-corrected chi connectivity index (χ3v) is 6.85. The van der Waals surface area contributed by atoms with Crippen LogP contribution in [0.5, 0.6) is 11.5 Å². The van der Waals surface area contributed by atoms with Crippen LogP contribution in [0.1, 0.15) is 99.5 Å². The smallest absolute Gasteiger partial charge is 0.468 e. The number of esters is 1. The zero-order chi connectivity index (χ0) is 32.8. The molecule has 0 amide bonds. The van der Waals surface area contributed by atoms with Crippen LogP contribution in [-0.4, -0.2) is 61.0 Å². The van der Waals surface area contributed by atoms with Gasteiger partial charge in [0.05, 0.1) is 13.7 Å². The van der Waals surface area contributed by atoms with Gasteiger partial charge in [-0.25, -0.2) is 14.4 Å². The quantitative estimate of drug-likeness (QED) is 0.0921. The summed E-state index contributed by atoms with van der Waals surface area (Å²) in [5.74, 6) is -1.03. The van der Waals surface area contributed by atoms with E-state index in [-0.39, 0.29) is 30.9 Å². The lowest BCUT2D eigenvalue weighted by atomic mass is 9.86. The van der Waals surface area contributed by atoms with Crippen LogP contribution in [0.3, 0.4) is 0 Å². The van der Waals surface area contributed by atoms with Gasteiger partial charge in [-0.1, -0.05) is 39.7 Å². The van der Waals surface area contributed by atoms with Gasteiger partial charge in [-0.2, -0.15) is 0 Å². The Kier molecular flexibility index (Phi) is 14.8. The Balaban J connectivity index is 3.25. The first kappa shape index (κ1) is 37.5. The molecule has 0 radical (unpaired) electrons. The number of methoxy groups -OCH3 is 1. The first-order valence-electron chi connectivity index (χ1n) is 14.6. The fraction of sp³-hybridized carbons (Fsp3) is 0.677. The fourth-order valence-electron chi connectivity index (χ4n) is 3.70. The predicted molar refractivity (Wildman–Crippen MR) is 158 cm³/mol. The second kappa shape index (κ2) is 16.9. The monoisotopic (exact) mass is 611 g/mol. The lowest BCUT2D eigenvalue weighted by Crippen LogP contribution is -2.53. The summed E-state index contributed by atoms with van der Waals surface area (Å²) in [6.45, 7) is 14.4. The van der Waals surface area contributed by atoms with Crippen molar-refractivity contribution in [2.75, 3.05) is 13.7 Å². The van der Waals surface area contributed by atoms with Crippen molar-refractivity contribution in [3.05, 3.63) is 23.8 Å². The van der Waals surface area contributed by atoms with E-state index < -0.39 is 47.3 Å². The minimum Gasteiger partial charge on any atom is -0.468 e. The normalized spacial score (nSPS) is 13.6. The van der Waals surface area contributed by atoms with E-state index in [1.807, 2.05) is 20.8 Å². The molecule has 2 atom stereocenters. The predicted octanol–water partition coefficient (Wildman–Crippen LogP) is 6.63. The Morgan fingerprint density at radius 2 is 1.40 bits per heavy atom. The Hall–Kier alpha value is -3.54. The summed E-state index contributed by atoms with van der Waals surface area (Å²) in [4.78, 5) is 50.0.